The number of nitrogens with one attached hydrogen (secondary N) is 1. The highest BCUT2D eigenvalue weighted by Crippen LogP contribution is 2.43. The molecule has 0 aromatic carbocycles. The van der Waals surface area contributed by atoms with Gasteiger partial charge in [-0.15, -0.1) is 11.3 Å². The summed E-state index contributed by atoms with van der Waals surface area (Å²) in [6.45, 7) is 3.42. The van der Waals surface area contributed by atoms with Gasteiger partial charge in [0.2, 0.25) is 0 Å². The summed E-state index contributed by atoms with van der Waals surface area (Å²) in [6, 6.07) is 0.652. The molecular formula is C18H30N2S. The number of aromatic nitrogens is 1. The average molecular weight is 307 g/mol. The fraction of sp³-hybridized carbons (Fsp3) is 0.833. The Morgan fingerprint density at radius 1 is 1.24 bits per heavy atom. The summed E-state index contributed by atoms with van der Waals surface area (Å²) in [7, 11) is 0. The van der Waals surface area contributed by atoms with Gasteiger partial charge >= 0.3 is 0 Å². The van der Waals surface area contributed by atoms with Gasteiger partial charge in [-0.2, -0.15) is 0 Å². The Kier molecular flexibility index (Phi) is 5.70. The molecule has 4 unspecified atom stereocenters. The van der Waals surface area contributed by atoms with E-state index in [4.69, 9.17) is 0 Å². The number of thiazole rings is 1. The van der Waals surface area contributed by atoms with Crippen LogP contribution in [0.2, 0.25) is 0 Å². The third kappa shape index (κ3) is 4.07. The van der Waals surface area contributed by atoms with Crippen molar-refractivity contribution in [2.45, 2.75) is 70.8 Å². The molecule has 1 aromatic rings. The van der Waals surface area contributed by atoms with E-state index in [1.165, 1.54) is 56.4 Å². The Labute approximate surface area is 133 Å². The lowest BCUT2D eigenvalue weighted by atomic mass is 9.66. The van der Waals surface area contributed by atoms with Crippen LogP contribution in [0.15, 0.2) is 11.6 Å². The van der Waals surface area contributed by atoms with Gasteiger partial charge in [-0.05, 0) is 50.0 Å². The van der Waals surface area contributed by atoms with Crippen molar-refractivity contribution in [1.29, 1.82) is 0 Å². The van der Waals surface area contributed by atoms with Crippen LogP contribution in [0.3, 0.4) is 0 Å². The lowest BCUT2D eigenvalue weighted by molar-refractivity contribution is 0.109. The first-order chi connectivity index (χ1) is 10.4. The van der Waals surface area contributed by atoms with Crippen molar-refractivity contribution in [2.24, 2.45) is 17.8 Å². The molecule has 118 valence electrons. The third-order valence-electron chi connectivity index (χ3n) is 5.68. The minimum atomic E-state index is 0.652. The molecule has 2 aliphatic carbocycles. The molecule has 21 heavy (non-hydrogen) atoms. The molecule has 0 aliphatic heterocycles. The van der Waals surface area contributed by atoms with Crippen LogP contribution in [0.1, 0.15) is 63.3 Å². The maximum atomic E-state index is 4.52. The lowest BCUT2D eigenvalue weighted by Gasteiger charge is -2.42. The van der Waals surface area contributed by atoms with Gasteiger partial charge in [0.1, 0.15) is 0 Å². The summed E-state index contributed by atoms with van der Waals surface area (Å²) < 4.78 is 0. The normalized spacial score (nSPS) is 30.8. The Balaban J connectivity index is 1.61. The SMILES string of the molecule is CCCNC(Cc1nccs1)C1CCC2CCCCC2C1. The molecule has 2 fully saturated rings. The fourth-order valence-corrected chi connectivity index (χ4v) is 5.23. The van der Waals surface area contributed by atoms with Crippen molar-refractivity contribution in [3.05, 3.63) is 16.6 Å². The van der Waals surface area contributed by atoms with Crippen molar-refractivity contribution in [3.63, 3.8) is 0 Å². The molecule has 4 atom stereocenters. The van der Waals surface area contributed by atoms with E-state index in [9.17, 15) is 0 Å². The highest BCUT2D eigenvalue weighted by molar-refractivity contribution is 7.09. The van der Waals surface area contributed by atoms with E-state index in [1.807, 2.05) is 17.5 Å². The predicted octanol–water partition coefficient (Wildman–Crippen LogP) is 4.66. The second-order valence-corrected chi connectivity index (χ2v) is 8.05. The predicted molar refractivity (Wildman–Crippen MR) is 90.7 cm³/mol. The summed E-state index contributed by atoms with van der Waals surface area (Å²) in [5, 5.41) is 7.27. The minimum absolute atomic E-state index is 0.652. The second-order valence-electron chi connectivity index (χ2n) is 7.07. The Hall–Kier alpha value is -0.410. The molecule has 0 amide bonds. The van der Waals surface area contributed by atoms with Crippen molar-refractivity contribution in [1.82, 2.24) is 10.3 Å². The van der Waals surface area contributed by atoms with Gasteiger partial charge in [-0.1, -0.05) is 32.6 Å². The number of hydrogen-bond donors (Lipinski definition) is 1. The summed E-state index contributed by atoms with van der Waals surface area (Å²) in [6.07, 6.45) is 14.7. The number of fused-ring (bicyclic) bond motifs is 1. The molecule has 3 rings (SSSR count). The molecule has 0 spiro atoms. The van der Waals surface area contributed by atoms with Gasteiger partial charge in [-0.3, -0.25) is 0 Å². The van der Waals surface area contributed by atoms with Crippen molar-refractivity contribution in [3.8, 4) is 0 Å². The van der Waals surface area contributed by atoms with E-state index < -0.39 is 0 Å². The van der Waals surface area contributed by atoms with E-state index in [2.05, 4.69) is 22.6 Å². The van der Waals surface area contributed by atoms with Gasteiger partial charge in [0.15, 0.2) is 0 Å². The van der Waals surface area contributed by atoms with Crippen LogP contribution in [-0.4, -0.2) is 17.6 Å². The zero-order valence-corrected chi connectivity index (χ0v) is 14.2. The Bertz CT molecular complexity index is 403. The van der Waals surface area contributed by atoms with Gasteiger partial charge in [-0.25, -0.2) is 4.98 Å². The zero-order valence-electron chi connectivity index (χ0n) is 13.4. The fourth-order valence-electron chi connectivity index (χ4n) is 4.55. The standard InChI is InChI=1S/C18H30N2S/c1-2-9-19-17(13-18-20-10-11-21-18)16-8-7-14-5-3-4-6-15(14)12-16/h10-11,14-17,19H,2-9,12-13H2,1H3. The van der Waals surface area contributed by atoms with Crippen LogP contribution in [0.4, 0.5) is 0 Å². The van der Waals surface area contributed by atoms with E-state index in [-0.39, 0.29) is 0 Å². The van der Waals surface area contributed by atoms with Crippen LogP contribution >= 0.6 is 11.3 Å². The topological polar surface area (TPSA) is 24.9 Å². The average Bonchev–Trinajstić information content (AvgIpc) is 3.04. The lowest BCUT2D eigenvalue weighted by Crippen LogP contribution is -2.42. The molecule has 3 heteroatoms. The zero-order chi connectivity index (χ0) is 14.5. The maximum Gasteiger partial charge on any atom is 0.0940 e. The second kappa shape index (κ2) is 7.73. The summed E-state index contributed by atoms with van der Waals surface area (Å²) in [4.78, 5) is 4.52. The first kappa shape index (κ1) is 15.5. The highest BCUT2D eigenvalue weighted by Gasteiger charge is 2.35. The number of nitrogens with zero attached hydrogens (tertiary/aromatic N) is 1. The molecule has 0 bridgehead atoms. The summed E-state index contributed by atoms with van der Waals surface area (Å²) in [5.74, 6) is 2.96. The monoisotopic (exact) mass is 306 g/mol. The van der Waals surface area contributed by atoms with E-state index in [1.54, 1.807) is 0 Å². The Morgan fingerprint density at radius 2 is 2.10 bits per heavy atom. The van der Waals surface area contributed by atoms with Crippen molar-refractivity contribution in [2.75, 3.05) is 6.54 Å². The van der Waals surface area contributed by atoms with Gasteiger partial charge in [0.05, 0.1) is 5.01 Å². The van der Waals surface area contributed by atoms with Crippen LogP contribution in [-0.2, 0) is 6.42 Å². The molecule has 0 saturated heterocycles. The van der Waals surface area contributed by atoms with E-state index in [0.29, 0.717) is 6.04 Å². The molecule has 2 nitrogen and oxygen atoms in total. The van der Waals surface area contributed by atoms with Crippen LogP contribution in [0, 0.1) is 17.8 Å². The highest BCUT2D eigenvalue weighted by atomic mass is 32.1. The minimum Gasteiger partial charge on any atom is -0.313 e. The molecule has 2 saturated carbocycles. The number of hydrogen-bond acceptors (Lipinski definition) is 3. The van der Waals surface area contributed by atoms with E-state index in [0.717, 1.165) is 30.7 Å². The number of rotatable bonds is 6. The first-order valence-corrected chi connectivity index (χ1v) is 9.86. The molecular weight excluding hydrogens is 276 g/mol. The molecule has 1 heterocycles. The van der Waals surface area contributed by atoms with Crippen LogP contribution < -0.4 is 5.32 Å². The molecule has 0 radical (unpaired) electrons. The third-order valence-corrected chi connectivity index (χ3v) is 6.49. The van der Waals surface area contributed by atoms with Crippen LogP contribution in [0.25, 0.3) is 0 Å². The summed E-state index contributed by atoms with van der Waals surface area (Å²) >= 11 is 1.82. The quantitative estimate of drug-likeness (QED) is 0.827. The van der Waals surface area contributed by atoms with Gasteiger partial charge < -0.3 is 5.32 Å². The smallest absolute Gasteiger partial charge is 0.0940 e. The van der Waals surface area contributed by atoms with Crippen molar-refractivity contribution >= 4 is 11.3 Å². The van der Waals surface area contributed by atoms with Gasteiger partial charge in [0, 0.05) is 24.0 Å². The van der Waals surface area contributed by atoms with Crippen molar-refractivity contribution < 1.29 is 0 Å². The van der Waals surface area contributed by atoms with E-state index >= 15 is 0 Å². The molecule has 2 aliphatic rings. The molecule has 1 aromatic heterocycles. The first-order valence-electron chi connectivity index (χ1n) is 8.98. The van der Waals surface area contributed by atoms with Gasteiger partial charge in [0.25, 0.3) is 0 Å². The largest absolute Gasteiger partial charge is 0.313 e. The molecule has 1 N–H and O–H groups in total. The van der Waals surface area contributed by atoms with Crippen LogP contribution in [0.5, 0.6) is 0 Å². The summed E-state index contributed by atoms with van der Waals surface area (Å²) in [5.41, 5.74) is 0. The Morgan fingerprint density at radius 3 is 2.86 bits per heavy atom. The maximum absolute atomic E-state index is 4.52.